The fourth-order valence-electron chi connectivity index (χ4n) is 4.99. The molecule has 1 saturated heterocycles. The van der Waals surface area contributed by atoms with Gasteiger partial charge in [0.25, 0.3) is 0 Å². The first-order valence-electron chi connectivity index (χ1n) is 11.7. The summed E-state index contributed by atoms with van der Waals surface area (Å²) in [5.41, 5.74) is 11.0. The molecule has 1 fully saturated rings. The third kappa shape index (κ3) is 4.04. The summed E-state index contributed by atoms with van der Waals surface area (Å²) in [6.07, 6.45) is 7.70. The third-order valence-corrected chi connectivity index (χ3v) is 6.68. The van der Waals surface area contributed by atoms with Gasteiger partial charge in [0.2, 0.25) is 5.91 Å². The summed E-state index contributed by atoms with van der Waals surface area (Å²) >= 11 is 0. The molecule has 0 bridgehead atoms. The van der Waals surface area contributed by atoms with Gasteiger partial charge >= 0.3 is 0 Å². The van der Waals surface area contributed by atoms with Crippen molar-refractivity contribution >= 4 is 33.7 Å². The molecule has 4 heterocycles. The van der Waals surface area contributed by atoms with Crippen LogP contribution < -0.4 is 5.73 Å². The van der Waals surface area contributed by atoms with Crippen molar-refractivity contribution in [3.63, 3.8) is 0 Å². The highest BCUT2D eigenvalue weighted by molar-refractivity contribution is 5.95. The molecule has 2 atom stereocenters. The zero-order chi connectivity index (χ0) is 24.5. The molecule has 1 aliphatic heterocycles. The van der Waals surface area contributed by atoms with E-state index < -0.39 is 0 Å². The molecule has 1 aliphatic rings. The van der Waals surface area contributed by atoms with Crippen LogP contribution in [0.3, 0.4) is 0 Å². The van der Waals surface area contributed by atoms with E-state index in [2.05, 4.69) is 50.5 Å². The second kappa shape index (κ2) is 9.28. The number of aromatic nitrogens is 4. The molecule has 0 radical (unpaired) electrons. The highest BCUT2D eigenvalue weighted by atomic mass is 16.5. The Labute approximate surface area is 204 Å². The highest BCUT2D eigenvalue weighted by Crippen LogP contribution is 2.34. The largest absolute Gasteiger partial charge is 0.383 e. The van der Waals surface area contributed by atoms with Crippen LogP contribution in [0.4, 0.5) is 5.82 Å². The second-order valence-electron chi connectivity index (χ2n) is 8.72. The monoisotopic (exact) mass is 468 g/mol. The molecular weight excluding hydrogens is 440 g/mol. The number of nitrogen functional groups attached to an aromatic ring is 1. The Morgan fingerprint density at radius 1 is 1.29 bits per heavy atom. The number of pyridine rings is 1. The zero-order valence-corrected chi connectivity index (χ0v) is 19.9. The number of hydrogen-bond donors (Lipinski definition) is 1. The number of nitrogens with zero attached hydrogens (tertiary/aromatic N) is 5. The SMILES string of the molecule is C=CC(=O)N1C[C@@H](n2cc(C#Cc3ccc4c(c3)ncn4CC)c3c(N)nccc32)C[C@@H]1COC. The van der Waals surface area contributed by atoms with Gasteiger partial charge in [-0.3, -0.25) is 4.79 Å². The molecule has 1 amide bonds. The minimum atomic E-state index is -0.0897. The number of rotatable bonds is 5. The van der Waals surface area contributed by atoms with Crippen LogP contribution in [-0.4, -0.2) is 56.2 Å². The summed E-state index contributed by atoms with van der Waals surface area (Å²) in [4.78, 5) is 23.1. The lowest BCUT2D eigenvalue weighted by atomic mass is 10.1. The molecule has 0 saturated carbocycles. The first-order chi connectivity index (χ1) is 17.0. The van der Waals surface area contributed by atoms with Crippen LogP contribution in [0.1, 0.15) is 30.5 Å². The number of likely N-dealkylation sites (tertiary alicyclic amines) is 1. The Bertz CT molecular complexity index is 1490. The lowest BCUT2D eigenvalue weighted by molar-refractivity contribution is -0.127. The quantitative estimate of drug-likeness (QED) is 0.358. The molecule has 0 unspecified atom stereocenters. The van der Waals surface area contributed by atoms with Crippen molar-refractivity contribution in [2.24, 2.45) is 0 Å². The van der Waals surface area contributed by atoms with E-state index >= 15 is 0 Å². The fourth-order valence-corrected chi connectivity index (χ4v) is 4.99. The Balaban J connectivity index is 1.53. The molecule has 178 valence electrons. The first-order valence-corrected chi connectivity index (χ1v) is 11.7. The maximum Gasteiger partial charge on any atom is 0.246 e. The van der Waals surface area contributed by atoms with Gasteiger partial charge in [-0.05, 0) is 43.7 Å². The topological polar surface area (TPSA) is 91.2 Å². The third-order valence-electron chi connectivity index (χ3n) is 6.68. The van der Waals surface area contributed by atoms with Crippen molar-refractivity contribution < 1.29 is 9.53 Å². The molecule has 1 aromatic carbocycles. The van der Waals surface area contributed by atoms with E-state index in [1.165, 1.54) is 6.08 Å². The predicted molar refractivity (Wildman–Crippen MR) is 137 cm³/mol. The smallest absolute Gasteiger partial charge is 0.246 e. The van der Waals surface area contributed by atoms with E-state index in [1.807, 2.05) is 35.6 Å². The average molecular weight is 469 g/mol. The summed E-state index contributed by atoms with van der Waals surface area (Å²) in [7, 11) is 1.65. The number of aryl methyl sites for hydroxylation is 1. The van der Waals surface area contributed by atoms with E-state index in [0.717, 1.165) is 46.0 Å². The van der Waals surface area contributed by atoms with Gasteiger partial charge in [-0.2, -0.15) is 0 Å². The van der Waals surface area contributed by atoms with E-state index in [9.17, 15) is 4.79 Å². The Kier molecular flexibility index (Phi) is 6.01. The number of methoxy groups -OCH3 is 1. The summed E-state index contributed by atoms with van der Waals surface area (Å²) in [5.74, 6) is 6.93. The number of nitrogens with two attached hydrogens (primary N) is 1. The number of benzene rings is 1. The molecule has 8 nitrogen and oxygen atoms in total. The molecule has 5 rings (SSSR count). The van der Waals surface area contributed by atoms with Gasteiger partial charge in [-0.15, -0.1) is 0 Å². The lowest BCUT2D eigenvalue weighted by Gasteiger charge is -2.22. The van der Waals surface area contributed by atoms with Gasteiger partial charge in [-0.1, -0.05) is 18.4 Å². The number of anilines is 1. The maximum absolute atomic E-state index is 12.5. The minimum Gasteiger partial charge on any atom is -0.383 e. The number of ether oxygens (including phenoxy) is 1. The summed E-state index contributed by atoms with van der Waals surface area (Å²) in [5, 5.41) is 0.827. The molecule has 2 N–H and O–H groups in total. The number of carbonyl (C=O) groups is 1. The number of amides is 1. The van der Waals surface area contributed by atoms with Gasteiger partial charge in [-0.25, -0.2) is 9.97 Å². The Morgan fingerprint density at radius 2 is 2.14 bits per heavy atom. The van der Waals surface area contributed by atoms with Crippen molar-refractivity contribution in [1.82, 2.24) is 24.0 Å². The zero-order valence-electron chi connectivity index (χ0n) is 19.9. The summed E-state index contributed by atoms with van der Waals surface area (Å²) in [6, 6.07) is 8.05. The Morgan fingerprint density at radius 3 is 2.91 bits per heavy atom. The molecule has 0 spiro atoms. The molecule has 3 aromatic heterocycles. The van der Waals surface area contributed by atoms with Crippen molar-refractivity contribution in [2.75, 3.05) is 26.0 Å². The van der Waals surface area contributed by atoms with Crippen LogP contribution in [0.15, 0.2) is 55.6 Å². The van der Waals surface area contributed by atoms with Crippen LogP contribution >= 0.6 is 0 Å². The van der Waals surface area contributed by atoms with Gasteiger partial charge in [0.1, 0.15) is 5.82 Å². The normalized spacial score (nSPS) is 17.6. The van der Waals surface area contributed by atoms with Crippen molar-refractivity contribution in [3.8, 4) is 11.8 Å². The number of imidazole rings is 1. The maximum atomic E-state index is 12.5. The number of fused-ring (bicyclic) bond motifs is 2. The summed E-state index contributed by atoms with van der Waals surface area (Å²) in [6.45, 7) is 7.66. The minimum absolute atomic E-state index is 0.0173. The van der Waals surface area contributed by atoms with Crippen LogP contribution in [0.2, 0.25) is 0 Å². The van der Waals surface area contributed by atoms with Crippen molar-refractivity contribution in [2.45, 2.75) is 32.0 Å². The van der Waals surface area contributed by atoms with Crippen LogP contribution in [-0.2, 0) is 16.1 Å². The van der Waals surface area contributed by atoms with Gasteiger partial charge < -0.3 is 24.5 Å². The molecule has 0 aliphatic carbocycles. The van der Waals surface area contributed by atoms with E-state index in [4.69, 9.17) is 10.5 Å². The first kappa shape index (κ1) is 22.7. The second-order valence-corrected chi connectivity index (χ2v) is 8.72. The number of carbonyl (C=O) groups excluding carboxylic acids is 1. The van der Waals surface area contributed by atoms with Crippen LogP contribution in [0.25, 0.3) is 21.9 Å². The van der Waals surface area contributed by atoms with Crippen molar-refractivity contribution in [3.05, 3.63) is 66.8 Å². The average Bonchev–Trinajstić information content (AvgIpc) is 3.57. The standard InChI is InChI=1S/C27H28N6O2/c1-4-25(34)33-15-20(13-21(33)16-35-3)32-14-19(26-24(32)10-11-29-27(26)28)8-6-18-7-9-23-22(12-18)30-17-31(23)5-2/h4,7,9-12,14,17,20-21H,1,5,13,15-16H2,2-3H3,(H2,28,29)/t20-,21+/m0/s1. The van der Waals surface area contributed by atoms with E-state index in [0.29, 0.717) is 19.0 Å². The lowest BCUT2D eigenvalue weighted by Crippen LogP contribution is -2.37. The van der Waals surface area contributed by atoms with E-state index in [1.54, 1.807) is 13.3 Å². The van der Waals surface area contributed by atoms with Gasteiger partial charge in [0, 0.05) is 38.2 Å². The predicted octanol–water partition coefficient (Wildman–Crippen LogP) is 3.36. The van der Waals surface area contributed by atoms with Crippen LogP contribution in [0.5, 0.6) is 0 Å². The molecule has 4 aromatic rings. The molecule has 8 heteroatoms. The fraction of sp³-hybridized carbons (Fsp3) is 0.296. The Hall–Kier alpha value is -4.09. The number of hydrogen-bond acceptors (Lipinski definition) is 5. The van der Waals surface area contributed by atoms with Crippen LogP contribution in [0, 0.1) is 11.8 Å². The van der Waals surface area contributed by atoms with Gasteiger partial charge in [0.05, 0.1) is 52.5 Å². The van der Waals surface area contributed by atoms with Crippen molar-refractivity contribution in [1.29, 1.82) is 0 Å². The molecular formula is C27H28N6O2. The highest BCUT2D eigenvalue weighted by Gasteiger charge is 2.35. The van der Waals surface area contributed by atoms with E-state index in [-0.39, 0.29) is 18.0 Å². The van der Waals surface area contributed by atoms with Gasteiger partial charge in [0.15, 0.2) is 0 Å². The summed E-state index contributed by atoms with van der Waals surface area (Å²) < 4.78 is 9.65. The molecule has 35 heavy (non-hydrogen) atoms.